The predicted molar refractivity (Wildman–Crippen MR) is 74.1 cm³/mol. The highest BCUT2D eigenvalue weighted by Gasteiger charge is 2.15. The maximum atomic E-state index is 11.8. The zero-order valence-electron chi connectivity index (χ0n) is 11.7. The fraction of sp³-hybridized carbons (Fsp3) is 0.467. The molecule has 0 bridgehead atoms. The minimum Gasteiger partial charge on any atom is -0.459 e. The average Bonchev–Trinajstić information content (AvgIpc) is 2.33. The van der Waals surface area contributed by atoms with Gasteiger partial charge in [-0.15, -0.1) is 0 Å². The zero-order chi connectivity index (χ0) is 14.3. The molecule has 0 saturated carbocycles. The van der Waals surface area contributed by atoms with Gasteiger partial charge in [0.05, 0.1) is 6.54 Å². The van der Waals surface area contributed by atoms with Crippen molar-refractivity contribution in [2.24, 2.45) is 0 Å². The van der Waals surface area contributed by atoms with Crippen molar-refractivity contribution in [2.45, 2.75) is 32.8 Å². The fourth-order valence-electron chi connectivity index (χ4n) is 1.54. The lowest BCUT2D eigenvalue weighted by Crippen LogP contribution is -2.32. The molecular formula is C15H21NO3. The van der Waals surface area contributed by atoms with Crippen LogP contribution < -0.4 is 5.32 Å². The Balaban J connectivity index is 2.21. The summed E-state index contributed by atoms with van der Waals surface area (Å²) in [5, 5.41) is 2.91. The molecule has 1 N–H and O–H groups in total. The van der Waals surface area contributed by atoms with Gasteiger partial charge in [-0.05, 0) is 20.8 Å². The Labute approximate surface area is 114 Å². The molecule has 1 aromatic carbocycles. The van der Waals surface area contributed by atoms with Crippen molar-refractivity contribution in [1.29, 1.82) is 0 Å². The van der Waals surface area contributed by atoms with Crippen molar-refractivity contribution >= 4 is 11.8 Å². The van der Waals surface area contributed by atoms with Crippen LogP contribution in [0.2, 0.25) is 0 Å². The van der Waals surface area contributed by atoms with Crippen LogP contribution in [0.3, 0.4) is 0 Å². The molecule has 0 unspecified atom stereocenters. The summed E-state index contributed by atoms with van der Waals surface area (Å²) in [7, 11) is 0. The van der Waals surface area contributed by atoms with Crippen molar-refractivity contribution < 1.29 is 14.3 Å². The summed E-state index contributed by atoms with van der Waals surface area (Å²) < 4.78 is 5.14. The van der Waals surface area contributed by atoms with Crippen LogP contribution in [0, 0.1) is 0 Å². The number of hydrogen-bond acceptors (Lipinski definition) is 4. The van der Waals surface area contributed by atoms with Crippen LogP contribution in [0.25, 0.3) is 0 Å². The van der Waals surface area contributed by atoms with Gasteiger partial charge in [-0.1, -0.05) is 30.3 Å². The SMILES string of the molecule is CC(C)(C)OC(=O)CNCCC(=O)c1ccccc1. The number of carbonyl (C=O) groups excluding carboxylic acids is 2. The number of hydrogen-bond donors (Lipinski definition) is 1. The minimum absolute atomic E-state index is 0.0669. The van der Waals surface area contributed by atoms with Gasteiger partial charge in [-0.25, -0.2) is 0 Å². The maximum absolute atomic E-state index is 11.8. The minimum atomic E-state index is -0.474. The number of rotatable bonds is 6. The average molecular weight is 263 g/mol. The lowest BCUT2D eigenvalue weighted by Gasteiger charge is -2.19. The first-order chi connectivity index (χ1) is 8.88. The lowest BCUT2D eigenvalue weighted by atomic mass is 10.1. The molecule has 4 heteroatoms. The molecule has 0 aliphatic rings. The van der Waals surface area contributed by atoms with Crippen LogP contribution in [0.5, 0.6) is 0 Å². The van der Waals surface area contributed by atoms with Crippen molar-refractivity contribution in [2.75, 3.05) is 13.1 Å². The summed E-state index contributed by atoms with van der Waals surface area (Å²) in [6.45, 7) is 6.06. The highest BCUT2D eigenvalue weighted by Crippen LogP contribution is 2.06. The largest absolute Gasteiger partial charge is 0.459 e. The summed E-state index contributed by atoms with van der Waals surface area (Å²) in [4.78, 5) is 23.2. The van der Waals surface area contributed by atoms with E-state index in [4.69, 9.17) is 4.74 Å². The third-order valence-electron chi connectivity index (χ3n) is 2.31. The predicted octanol–water partition coefficient (Wildman–Crippen LogP) is 2.19. The smallest absolute Gasteiger partial charge is 0.320 e. The van der Waals surface area contributed by atoms with E-state index in [1.807, 2.05) is 39.0 Å². The Hall–Kier alpha value is -1.68. The van der Waals surface area contributed by atoms with Gasteiger partial charge in [0.25, 0.3) is 0 Å². The second-order valence-corrected chi connectivity index (χ2v) is 5.30. The highest BCUT2D eigenvalue weighted by molar-refractivity contribution is 5.96. The molecule has 0 fully saturated rings. The molecular weight excluding hydrogens is 242 g/mol. The Morgan fingerprint density at radius 3 is 2.37 bits per heavy atom. The number of esters is 1. The second-order valence-electron chi connectivity index (χ2n) is 5.30. The summed E-state index contributed by atoms with van der Waals surface area (Å²) in [5.74, 6) is -0.239. The van der Waals surface area contributed by atoms with Gasteiger partial charge in [0.15, 0.2) is 5.78 Å². The van der Waals surface area contributed by atoms with Gasteiger partial charge >= 0.3 is 5.97 Å². The summed E-state index contributed by atoms with van der Waals surface area (Å²) in [6.07, 6.45) is 0.368. The summed E-state index contributed by atoms with van der Waals surface area (Å²) in [5.41, 5.74) is 0.222. The summed E-state index contributed by atoms with van der Waals surface area (Å²) in [6, 6.07) is 9.12. The molecule has 0 spiro atoms. The van der Waals surface area contributed by atoms with E-state index in [0.717, 1.165) is 0 Å². The van der Waals surface area contributed by atoms with Gasteiger partial charge in [0.2, 0.25) is 0 Å². The third-order valence-corrected chi connectivity index (χ3v) is 2.31. The van der Waals surface area contributed by atoms with E-state index in [9.17, 15) is 9.59 Å². The van der Waals surface area contributed by atoms with E-state index in [-0.39, 0.29) is 18.3 Å². The molecule has 104 valence electrons. The number of Topliss-reactive ketones (excluding diaryl/α,β-unsaturated/α-hetero) is 1. The van der Waals surface area contributed by atoms with E-state index in [0.29, 0.717) is 18.5 Å². The van der Waals surface area contributed by atoms with Crippen molar-refractivity contribution in [3.05, 3.63) is 35.9 Å². The number of ether oxygens (including phenoxy) is 1. The van der Waals surface area contributed by atoms with Gasteiger partial charge < -0.3 is 10.1 Å². The van der Waals surface area contributed by atoms with Gasteiger partial charge in [-0.3, -0.25) is 9.59 Å². The Morgan fingerprint density at radius 1 is 1.16 bits per heavy atom. The van der Waals surface area contributed by atoms with Crippen molar-refractivity contribution in [3.8, 4) is 0 Å². The third kappa shape index (κ3) is 6.72. The molecule has 1 aromatic rings. The van der Waals surface area contributed by atoms with Crippen LogP contribution in [0.1, 0.15) is 37.6 Å². The van der Waals surface area contributed by atoms with Gasteiger partial charge in [0.1, 0.15) is 5.60 Å². The van der Waals surface area contributed by atoms with E-state index in [2.05, 4.69) is 5.32 Å². The quantitative estimate of drug-likeness (QED) is 0.485. The molecule has 0 saturated heterocycles. The molecule has 4 nitrogen and oxygen atoms in total. The van der Waals surface area contributed by atoms with Crippen LogP contribution in [-0.4, -0.2) is 30.4 Å². The molecule has 0 aromatic heterocycles. The van der Waals surface area contributed by atoms with E-state index >= 15 is 0 Å². The monoisotopic (exact) mass is 263 g/mol. The van der Waals surface area contributed by atoms with Gasteiger partial charge in [0, 0.05) is 18.5 Å². The van der Waals surface area contributed by atoms with Crippen molar-refractivity contribution in [1.82, 2.24) is 5.32 Å². The molecule has 1 rings (SSSR count). The number of carbonyl (C=O) groups is 2. The molecule has 19 heavy (non-hydrogen) atoms. The van der Waals surface area contributed by atoms with Crippen LogP contribution in [-0.2, 0) is 9.53 Å². The van der Waals surface area contributed by atoms with Crippen molar-refractivity contribution in [3.63, 3.8) is 0 Å². The molecule has 0 amide bonds. The molecule has 0 radical (unpaired) electrons. The van der Waals surface area contributed by atoms with E-state index < -0.39 is 5.60 Å². The van der Waals surface area contributed by atoms with Gasteiger partial charge in [-0.2, -0.15) is 0 Å². The van der Waals surface area contributed by atoms with E-state index in [1.165, 1.54) is 0 Å². The first-order valence-corrected chi connectivity index (χ1v) is 6.39. The van der Waals surface area contributed by atoms with E-state index in [1.54, 1.807) is 12.1 Å². The summed E-state index contributed by atoms with van der Waals surface area (Å²) >= 11 is 0. The second kappa shape index (κ2) is 7.04. The topological polar surface area (TPSA) is 55.4 Å². The molecule has 0 heterocycles. The van der Waals surface area contributed by atoms with Crippen LogP contribution in [0.4, 0.5) is 0 Å². The maximum Gasteiger partial charge on any atom is 0.320 e. The normalized spacial score (nSPS) is 11.1. The molecule has 0 atom stereocenters. The standard InChI is InChI=1S/C15H21NO3/c1-15(2,3)19-14(18)11-16-10-9-13(17)12-7-5-4-6-8-12/h4-8,16H,9-11H2,1-3H3. The Kier molecular flexibility index (Phi) is 5.70. The molecule has 0 aliphatic heterocycles. The fourth-order valence-corrected chi connectivity index (χ4v) is 1.54. The molecule has 0 aliphatic carbocycles. The zero-order valence-corrected chi connectivity index (χ0v) is 11.7. The van der Waals surface area contributed by atoms with Crippen LogP contribution in [0.15, 0.2) is 30.3 Å². The number of ketones is 1. The Bertz CT molecular complexity index is 421. The number of nitrogens with one attached hydrogen (secondary N) is 1. The lowest BCUT2D eigenvalue weighted by molar-refractivity contribution is -0.153. The highest BCUT2D eigenvalue weighted by atomic mass is 16.6. The first kappa shape index (κ1) is 15.4. The first-order valence-electron chi connectivity index (χ1n) is 6.39. The Morgan fingerprint density at radius 2 is 1.79 bits per heavy atom. The number of benzene rings is 1. The van der Waals surface area contributed by atoms with Crippen LogP contribution >= 0.6 is 0 Å².